The minimum atomic E-state index is -0.300. The fourth-order valence-electron chi connectivity index (χ4n) is 3.15. The second-order valence-corrected chi connectivity index (χ2v) is 7.55. The van der Waals surface area contributed by atoms with Gasteiger partial charge in [-0.2, -0.15) is 0 Å². The smallest absolute Gasteiger partial charge is 0.256 e. The normalized spacial score (nSPS) is 10.4. The van der Waals surface area contributed by atoms with Crippen LogP contribution >= 0.6 is 15.9 Å². The number of carbonyl (C=O) groups is 2. The number of ether oxygens (including phenoxy) is 2. The zero-order valence-corrected chi connectivity index (χ0v) is 18.9. The van der Waals surface area contributed by atoms with Crippen LogP contribution in [-0.4, -0.2) is 39.2 Å². The number of benzene rings is 3. The number of anilines is 1. The summed E-state index contributed by atoms with van der Waals surface area (Å²) in [5, 5.41) is 5.74. The van der Waals surface area contributed by atoms with E-state index >= 15 is 0 Å². The van der Waals surface area contributed by atoms with Crippen molar-refractivity contribution < 1.29 is 19.1 Å². The third kappa shape index (κ3) is 5.51. The molecule has 6 nitrogen and oxygen atoms in total. The molecule has 0 bridgehead atoms. The van der Waals surface area contributed by atoms with Crippen molar-refractivity contribution in [3.05, 3.63) is 82.3 Å². The van der Waals surface area contributed by atoms with E-state index in [0.29, 0.717) is 46.8 Å². The number of hydrogen-bond acceptors (Lipinski definition) is 4. The minimum Gasteiger partial charge on any atom is -0.495 e. The predicted octanol–water partition coefficient (Wildman–Crippen LogP) is 4.75. The molecule has 2 amide bonds. The molecular formula is C24H23BrN2O4. The Kier molecular flexibility index (Phi) is 7.81. The molecule has 3 rings (SSSR count). The molecule has 0 unspecified atom stereocenters. The van der Waals surface area contributed by atoms with E-state index in [1.54, 1.807) is 50.6 Å². The Bertz CT molecular complexity index is 1080. The highest BCUT2D eigenvalue weighted by atomic mass is 79.9. The van der Waals surface area contributed by atoms with Crippen molar-refractivity contribution in [2.24, 2.45) is 0 Å². The first-order chi connectivity index (χ1) is 15.0. The van der Waals surface area contributed by atoms with Gasteiger partial charge in [0.15, 0.2) is 0 Å². The van der Waals surface area contributed by atoms with Crippen LogP contribution in [0, 0.1) is 0 Å². The van der Waals surface area contributed by atoms with E-state index in [9.17, 15) is 9.59 Å². The van der Waals surface area contributed by atoms with Crippen molar-refractivity contribution in [3.8, 4) is 16.9 Å². The Balaban J connectivity index is 1.95. The fraction of sp³-hybridized carbons (Fsp3) is 0.167. The van der Waals surface area contributed by atoms with Crippen LogP contribution in [0.5, 0.6) is 5.75 Å². The summed E-state index contributed by atoms with van der Waals surface area (Å²) in [5.74, 6) is 0.0152. The molecule has 0 aromatic heterocycles. The van der Waals surface area contributed by atoms with Gasteiger partial charge in [-0.25, -0.2) is 0 Å². The lowest BCUT2D eigenvalue weighted by molar-refractivity contribution is 0.0936. The maximum absolute atomic E-state index is 13.2. The summed E-state index contributed by atoms with van der Waals surface area (Å²) in [5.41, 5.74) is 2.82. The molecule has 2 N–H and O–H groups in total. The molecule has 0 saturated carbocycles. The van der Waals surface area contributed by atoms with Gasteiger partial charge >= 0.3 is 0 Å². The molecule has 0 heterocycles. The summed E-state index contributed by atoms with van der Waals surface area (Å²) in [4.78, 5) is 25.9. The van der Waals surface area contributed by atoms with E-state index in [1.807, 2.05) is 30.3 Å². The fourth-order valence-corrected chi connectivity index (χ4v) is 3.49. The van der Waals surface area contributed by atoms with Gasteiger partial charge in [-0.1, -0.05) is 52.3 Å². The highest BCUT2D eigenvalue weighted by molar-refractivity contribution is 9.10. The third-order valence-corrected chi connectivity index (χ3v) is 5.13. The number of rotatable bonds is 8. The van der Waals surface area contributed by atoms with E-state index in [0.717, 1.165) is 4.47 Å². The second kappa shape index (κ2) is 10.7. The average molecular weight is 483 g/mol. The summed E-state index contributed by atoms with van der Waals surface area (Å²) in [6.07, 6.45) is 0. The molecule has 31 heavy (non-hydrogen) atoms. The number of nitrogens with one attached hydrogen (secondary N) is 2. The molecule has 0 aliphatic heterocycles. The van der Waals surface area contributed by atoms with Crippen LogP contribution in [0.4, 0.5) is 5.69 Å². The zero-order chi connectivity index (χ0) is 22.2. The van der Waals surface area contributed by atoms with Gasteiger partial charge in [0.05, 0.1) is 19.4 Å². The van der Waals surface area contributed by atoms with Crippen molar-refractivity contribution in [1.29, 1.82) is 0 Å². The number of amides is 2. The summed E-state index contributed by atoms with van der Waals surface area (Å²) in [6.45, 7) is 0.817. The van der Waals surface area contributed by atoms with Crippen LogP contribution in [0.25, 0.3) is 11.1 Å². The molecule has 0 spiro atoms. The quantitative estimate of drug-likeness (QED) is 0.454. The molecular weight excluding hydrogens is 460 g/mol. The molecule has 7 heteroatoms. The Morgan fingerprint density at radius 3 is 2.10 bits per heavy atom. The second-order valence-electron chi connectivity index (χ2n) is 6.64. The third-order valence-electron chi connectivity index (χ3n) is 4.64. The molecule has 0 radical (unpaired) electrons. The van der Waals surface area contributed by atoms with Crippen molar-refractivity contribution in [2.75, 3.05) is 32.7 Å². The lowest BCUT2D eigenvalue weighted by Gasteiger charge is -2.15. The van der Waals surface area contributed by atoms with E-state index in [4.69, 9.17) is 9.47 Å². The average Bonchev–Trinajstić information content (AvgIpc) is 2.80. The lowest BCUT2D eigenvalue weighted by atomic mass is 9.94. The van der Waals surface area contributed by atoms with Gasteiger partial charge in [-0.05, 0) is 41.5 Å². The highest BCUT2D eigenvalue weighted by Crippen LogP contribution is 2.31. The van der Waals surface area contributed by atoms with Crippen LogP contribution in [-0.2, 0) is 4.74 Å². The summed E-state index contributed by atoms with van der Waals surface area (Å²) < 4.78 is 11.2. The number of halogens is 1. The Hall–Kier alpha value is -3.16. The topological polar surface area (TPSA) is 76.7 Å². The van der Waals surface area contributed by atoms with E-state index < -0.39 is 0 Å². The van der Waals surface area contributed by atoms with Gasteiger partial charge in [0.2, 0.25) is 0 Å². The summed E-state index contributed by atoms with van der Waals surface area (Å²) >= 11 is 3.40. The van der Waals surface area contributed by atoms with Crippen molar-refractivity contribution >= 4 is 33.4 Å². The molecule has 160 valence electrons. The predicted molar refractivity (Wildman–Crippen MR) is 125 cm³/mol. The van der Waals surface area contributed by atoms with Crippen molar-refractivity contribution in [2.45, 2.75) is 0 Å². The Morgan fingerprint density at radius 1 is 0.871 bits per heavy atom. The summed E-state index contributed by atoms with van der Waals surface area (Å²) in [6, 6.07) is 19.8. The zero-order valence-electron chi connectivity index (χ0n) is 17.3. The van der Waals surface area contributed by atoms with Crippen molar-refractivity contribution in [3.63, 3.8) is 0 Å². The van der Waals surface area contributed by atoms with Crippen LogP contribution in [0.1, 0.15) is 20.7 Å². The van der Waals surface area contributed by atoms with E-state index in [-0.39, 0.29) is 11.8 Å². The van der Waals surface area contributed by atoms with Gasteiger partial charge in [-0.3, -0.25) is 9.59 Å². The molecule has 3 aromatic carbocycles. The van der Waals surface area contributed by atoms with Crippen LogP contribution < -0.4 is 15.4 Å². The number of methoxy groups -OCH3 is 2. The van der Waals surface area contributed by atoms with Crippen LogP contribution in [0.2, 0.25) is 0 Å². The molecule has 0 atom stereocenters. The largest absolute Gasteiger partial charge is 0.495 e. The number of carbonyl (C=O) groups excluding carboxylic acids is 2. The first-order valence-electron chi connectivity index (χ1n) is 9.65. The first kappa shape index (κ1) is 22.5. The lowest BCUT2D eigenvalue weighted by Crippen LogP contribution is -2.27. The molecule has 0 saturated heterocycles. The minimum absolute atomic E-state index is 0.225. The molecule has 3 aromatic rings. The van der Waals surface area contributed by atoms with Gasteiger partial charge in [-0.15, -0.1) is 0 Å². The Morgan fingerprint density at radius 2 is 1.48 bits per heavy atom. The van der Waals surface area contributed by atoms with Crippen LogP contribution in [0.3, 0.4) is 0 Å². The van der Waals surface area contributed by atoms with Gasteiger partial charge in [0.1, 0.15) is 5.75 Å². The maximum Gasteiger partial charge on any atom is 0.256 e. The first-order valence-corrected chi connectivity index (χ1v) is 10.4. The van der Waals surface area contributed by atoms with Gasteiger partial charge < -0.3 is 20.1 Å². The SMILES string of the molecule is COCCNC(=O)c1ccccc1-c1ccccc1C(=O)Nc1ccc(Br)cc1OC. The molecule has 0 aliphatic carbocycles. The summed E-state index contributed by atoms with van der Waals surface area (Å²) in [7, 11) is 3.12. The van der Waals surface area contributed by atoms with Gasteiger partial charge in [0.25, 0.3) is 11.8 Å². The van der Waals surface area contributed by atoms with E-state index in [1.165, 1.54) is 0 Å². The van der Waals surface area contributed by atoms with Crippen molar-refractivity contribution in [1.82, 2.24) is 5.32 Å². The monoisotopic (exact) mass is 482 g/mol. The molecule has 0 fully saturated rings. The Labute approximate surface area is 189 Å². The molecule has 0 aliphatic rings. The maximum atomic E-state index is 13.2. The number of hydrogen-bond donors (Lipinski definition) is 2. The van der Waals surface area contributed by atoms with E-state index in [2.05, 4.69) is 26.6 Å². The standard InChI is InChI=1S/C24H23BrN2O4/c1-30-14-13-26-23(28)19-9-5-3-7-17(19)18-8-4-6-10-20(18)24(29)27-21-12-11-16(25)15-22(21)31-2/h3-12,15H,13-14H2,1-2H3,(H,26,28)(H,27,29). The van der Waals surface area contributed by atoms with Gasteiger partial charge in [0, 0.05) is 29.3 Å². The van der Waals surface area contributed by atoms with Crippen LogP contribution in [0.15, 0.2) is 71.2 Å². The highest BCUT2D eigenvalue weighted by Gasteiger charge is 2.19.